The molecule has 0 radical (unpaired) electrons. The van der Waals surface area contributed by atoms with Gasteiger partial charge in [0, 0.05) is 6.04 Å². The van der Waals surface area contributed by atoms with Gasteiger partial charge in [0.15, 0.2) is 0 Å². The molecule has 2 unspecified atom stereocenters. The number of amides is 1. The van der Waals surface area contributed by atoms with Gasteiger partial charge in [0.2, 0.25) is 5.91 Å². The molecule has 4 nitrogen and oxygen atoms in total. The fourth-order valence-electron chi connectivity index (χ4n) is 1.32. The van der Waals surface area contributed by atoms with Crippen LogP contribution >= 0.6 is 0 Å². The number of nitrogens with one attached hydrogen (secondary N) is 2. The van der Waals surface area contributed by atoms with E-state index in [2.05, 4.69) is 10.6 Å². The fraction of sp³-hybridized carbons (Fsp3) is 0.909. The largest absolute Gasteiger partial charge is 0.390 e. The molecule has 0 spiro atoms. The molecule has 0 heterocycles. The summed E-state index contributed by atoms with van der Waals surface area (Å²) in [5, 5.41) is 13.5. The fourth-order valence-corrected chi connectivity index (χ4v) is 1.32. The highest BCUT2D eigenvalue weighted by atomic mass is 19.3. The predicted octanol–water partition coefficient (Wildman–Crippen LogP) is 0.897. The molecule has 0 aliphatic heterocycles. The maximum atomic E-state index is 12.7. The molecule has 0 aromatic heterocycles. The number of carbonyl (C=O) groups excluding carboxylic acids is 1. The van der Waals surface area contributed by atoms with E-state index in [1.807, 2.05) is 13.8 Å². The molecule has 0 aromatic rings. The van der Waals surface area contributed by atoms with Crippen LogP contribution in [0.3, 0.4) is 0 Å². The van der Waals surface area contributed by atoms with E-state index in [9.17, 15) is 13.6 Å². The van der Waals surface area contributed by atoms with Crippen LogP contribution < -0.4 is 10.6 Å². The number of aliphatic hydroxyl groups excluding tert-OH is 1. The topological polar surface area (TPSA) is 61.4 Å². The van der Waals surface area contributed by atoms with Gasteiger partial charge in [-0.2, -0.15) is 0 Å². The van der Waals surface area contributed by atoms with Gasteiger partial charge in [0.05, 0.1) is 12.6 Å². The van der Waals surface area contributed by atoms with Crippen LogP contribution in [0.1, 0.15) is 33.6 Å². The highest BCUT2D eigenvalue weighted by Gasteiger charge is 2.29. The Bertz CT molecular complexity index is 238. The lowest BCUT2D eigenvalue weighted by molar-refractivity contribution is -0.124. The SMILES string of the molecule is CCCC(C)NC(=O)C(C)NCC(F)(F)CO. The molecule has 0 fully saturated rings. The van der Waals surface area contributed by atoms with Crippen molar-refractivity contribution < 1.29 is 18.7 Å². The first-order valence-electron chi connectivity index (χ1n) is 5.85. The first kappa shape index (κ1) is 16.2. The van der Waals surface area contributed by atoms with Gasteiger partial charge in [-0.25, -0.2) is 8.78 Å². The van der Waals surface area contributed by atoms with Crippen molar-refractivity contribution in [1.29, 1.82) is 0 Å². The normalized spacial score (nSPS) is 15.4. The third-order valence-electron chi connectivity index (χ3n) is 2.40. The molecule has 1 amide bonds. The summed E-state index contributed by atoms with van der Waals surface area (Å²) in [6.07, 6.45) is 1.80. The van der Waals surface area contributed by atoms with Crippen molar-refractivity contribution >= 4 is 5.91 Å². The zero-order valence-corrected chi connectivity index (χ0v) is 10.6. The molecule has 3 N–H and O–H groups in total. The Hall–Kier alpha value is -0.750. The molecule has 0 saturated heterocycles. The number of alkyl halides is 2. The average molecular weight is 252 g/mol. The monoisotopic (exact) mass is 252 g/mol. The molecule has 0 aromatic carbocycles. The molecule has 102 valence electrons. The number of hydrogen-bond acceptors (Lipinski definition) is 3. The van der Waals surface area contributed by atoms with Gasteiger partial charge in [-0.1, -0.05) is 13.3 Å². The second-order valence-electron chi connectivity index (χ2n) is 4.31. The van der Waals surface area contributed by atoms with E-state index in [1.54, 1.807) is 0 Å². The summed E-state index contributed by atoms with van der Waals surface area (Å²) in [6, 6.07) is -0.665. The number of halogens is 2. The Morgan fingerprint density at radius 2 is 2.00 bits per heavy atom. The van der Waals surface area contributed by atoms with Crippen LogP contribution in [0.5, 0.6) is 0 Å². The molecule has 0 aliphatic rings. The Morgan fingerprint density at radius 1 is 1.41 bits per heavy atom. The molecular weight excluding hydrogens is 230 g/mol. The van der Waals surface area contributed by atoms with Gasteiger partial charge >= 0.3 is 0 Å². The molecule has 0 aliphatic carbocycles. The van der Waals surface area contributed by atoms with Gasteiger partial charge in [0.25, 0.3) is 5.92 Å². The zero-order chi connectivity index (χ0) is 13.5. The van der Waals surface area contributed by atoms with Crippen molar-refractivity contribution in [3.8, 4) is 0 Å². The summed E-state index contributed by atoms with van der Waals surface area (Å²) < 4.78 is 25.4. The maximum absolute atomic E-state index is 12.7. The number of carbonyl (C=O) groups is 1. The quantitative estimate of drug-likeness (QED) is 0.601. The molecule has 0 rings (SSSR count). The minimum absolute atomic E-state index is 0.0371. The van der Waals surface area contributed by atoms with Crippen LogP contribution in [0, 0.1) is 0 Å². The summed E-state index contributed by atoms with van der Waals surface area (Å²) in [5.41, 5.74) is 0. The minimum atomic E-state index is -3.19. The third kappa shape index (κ3) is 7.23. The highest BCUT2D eigenvalue weighted by molar-refractivity contribution is 5.81. The van der Waals surface area contributed by atoms with Crippen LogP contribution in [0.4, 0.5) is 8.78 Å². The highest BCUT2D eigenvalue weighted by Crippen LogP contribution is 2.10. The van der Waals surface area contributed by atoms with Gasteiger partial charge in [-0.3, -0.25) is 4.79 Å². The van der Waals surface area contributed by atoms with Crippen molar-refractivity contribution in [2.24, 2.45) is 0 Å². The van der Waals surface area contributed by atoms with Crippen molar-refractivity contribution in [3.63, 3.8) is 0 Å². The standard InChI is InChI=1S/C11H22F2N2O2/c1-4-5-8(2)15-10(17)9(3)14-6-11(12,13)7-16/h8-9,14,16H,4-7H2,1-3H3,(H,15,17). The van der Waals surface area contributed by atoms with Crippen LogP contribution in [0.25, 0.3) is 0 Å². The lowest BCUT2D eigenvalue weighted by Crippen LogP contribution is -2.49. The third-order valence-corrected chi connectivity index (χ3v) is 2.40. The first-order valence-corrected chi connectivity index (χ1v) is 5.85. The lowest BCUT2D eigenvalue weighted by atomic mass is 10.2. The number of aliphatic hydroxyl groups is 1. The van der Waals surface area contributed by atoms with Crippen molar-refractivity contribution in [1.82, 2.24) is 10.6 Å². The summed E-state index contributed by atoms with van der Waals surface area (Å²) in [4.78, 5) is 11.6. The second-order valence-corrected chi connectivity index (χ2v) is 4.31. The predicted molar refractivity (Wildman–Crippen MR) is 62.0 cm³/mol. The Kier molecular flexibility index (Phi) is 7.22. The summed E-state index contributed by atoms with van der Waals surface area (Å²) in [7, 11) is 0. The van der Waals surface area contributed by atoms with Gasteiger partial charge < -0.3 is 15.7 Å². The smallest absolute Gasteiger partial charge is 0.282 e. The molecular formula is C11H22F2N2O2. The summed E-state index contributed by atoms with van der Waals surface area (Å²) in [5.74, 6) is -3.50. The van der Waals surface area contributed by atoms with Crippen LogP contribution in [-0.2, 0) is 4.79 Å². The van der Waals surface area contributed by atoms with Gasteiger partial charge in [0.1, 0.15) is 6.61 Å². The van der Waals surface area contributed by atoms with E-state index < -0.39 is 25.1 Å². The molecule has 6 heteroatoms. The van der Waals surface area contributed by atoms with E-state index in [0.29, 0.717) is 0 Å². The molecule has 17 heavy (non-hydrogen) atoms. The zero-order valence-electron chi connectivity index (χ0n) is 10.6. The van der Waals surface area contributed by atoms with Gasteiger partial charge in [-0.05, 0) is 20.3 Å². The Labute approximate surface area is 101 Å². The maximum Gasteiger partial charge on any atom is 0.282 e. The molecule has 0 bridgehead atoms. The minimum Gasteiger partial charge on any atom is -0.390 e. The van der Waals surface area contributed by atoms with Crippen molar-refractivity contribution in [3.05, 3.63) is 0 Å². The molecule has 2 atom stereocenters. The van der Waals surface area contributed by atoms with Crippen molar-refractivity contribution in [2.45, 2.75) is 51.6 Å². The van der Waals surface area contributed by atoms with E-state index in [0.717, 1.165) is 12.8 Å². The summed E-state index contributed by atoms with van der Waals surface area (Å²) >= 11 is 0. The second kappa shape index (κ2) is 7.55. The summed E-state index contributed by atoms with van der Waals surface area (Å²) in [6.45, 7) is 3.46. The van der Waals surface area contributed by atoms with Crippen LogP contribution in [0.2, 0.25) is 0 Å². The van der Waals surface area contributed by atoms with E-state index in [1.165, 1.54) is 6.92 Å². The molecule has 0 saturated carbocycles. The van der Waals surface area contributed by atoms with E-state index >= 15 is 0 Å². The Balaban J connectivity index is 3.98. The van der Waals surface area contributed by atoms with Crippen molar-refractivity contribution in [2.75, 3.05) is 13.2 Å². The lowest BCUT2D eigenvalue weighted by Gasteiger charge is -2.20. The first-order chi connectivity index (χ1) is 7.82. The van der Waals surface area contributed by atoms with Crippen LogP contribution in [0.15, 0.2) is 0 Å². The van der Waals surface area contributed by atoms with E-state index in [4.69, 9.17) is 5.11 Å². The van der Waals surface area contributed by atoms with Crippen LogP contribution in [-0.4, -0.2) is 42.2 Å². The van der Waals surface area contributed by atoms with E-state index in [-0.39, 0.29) is 11.9 Å². The Morgan fingerprint density at radius 3 is 2.47 bits per heavy atom. The number of hydrogen-bond donors (Lipinski definition) is 3. The average Bonchev–Trinajstić information content (AvgIpc) is 2.26. The number of rotatable bonds is 8. The van der Waals surface area contributed by atoms with Gasteiger partial charge in [-0.15, -0.1) is 0 Å².